The summed E-state index contributed by atoms with van der Waals surface area (Å²) in [7, 11) is -1.05. The summed E-state index contributed by atoms with van der Waals surface area (Å²) < 4.78 is 32.3. The Kier molecular flexibility index (Phi) is 5.16. The highest BCUT2D eigenvalue weighted by Gasteiger charge is 2.34. The molecule has 0 aliphatic carbocycles. The van der Waals surface area contributed by atoms with Crippen LogP contribution < -0.4 is 16.0 Å². The molecule has 1 atom stereocenters. The maximum absolute atomic E-state index is 14.4. The van der Waals surface area contributed by atoms with Gasteiger partial charge in [0.05, 0.1) is 35.1 Å². The first-order valence-electron chi connectivity index (χ1n) is 10.3. The van der Waals surface area contributed by atoms with E-state index in [-0.39, 0.29) is 5.82 Å². The van der Waals surface area contributed by atoms with Crippen LogP contribution in [0.15, 0.2) is 47.4 Å². The minimum Gasteiger partial charge on any atom is -0.382 e. The molecule has 3 aromatic rings. The number of aromatic nitrogens is 1. The zero-order valence-electron chi connectivity index (χ0n) is 17.4. The van der Waals surface area contributed by atoms with Gasteiger partial charge in [0.2, 0.25) is 0 Å². The van der Waals surface area contributed by atoms with Gasteiger partial charge in [-0.25, -0.2) is 9.37 Å². The number of nitrogens with two attached hydrogens (primary N) is 1. The van der Waals surface area contributed by atoms with Crippen molar-refractivity contribution in [3.05, 3.63) is 59.4 Å². The van der Waals surface area contributed by atoms with E-state index < -0.39 is 16.3 Å². The van der Waals surface area contributed by atoms with Crippen molar-refractivity contribution >= 4 is 33.2 Å². The lowest BCUT2D eigenvalue weighted by Crippen LogP contribution is -2.61. The van der Waals surface area contributed by atoms with Gasteiger partial charge in [-0.15, -0.1) is 0 Å². The molecule has 31 heavy (non-hydrogen) atoms. The molecule has 1 fully saturated rings. The molecule has 0 bridgehead atoms. The minimum atomic E-state index is -1.05. The average Bonchev–Trinajstić information content (AvgIpc) is 2.91. The normalized spacial score (nSPS) is 20.1. The average molecular weight is 441 g/mol. The molecule has 2 aromatic carbocycles. The van der Waals surface area contributed by atoms with Crippen LogP contribution in [0.5, 0.6) is 0 Å². The third-order valence-electron chi connectivity index (χ3n) is 5.94. The van der Waals surface area contributed by atoms with Crippen molar-refractivity contribution in [3.8, 4) is 0 Å². The number of fused-ring (bicyclic) bond motifs is 2. The summed E-state index contributed by atoms with van der Waals surface area (Å²) in [6, 6.07) is 13.1. The number of pyridine rings is 1. The lowest BCUT2D eigenvalue weighted by molar-refractivity contribution is -0.0461. The molecule has 8 heteroatoms. The van der Waals surface area contributed by atoms with E-state index >= 15 is 0 Å². The van der Waals surface area contributed by atoms with Crippen LogP contribution in [0.1, 0.15) is 11.1 Å². The number of halogens is 1. The molecule has 3 N–H and O–H groups in total. The number of benzene rings is 2. The first-order chi connectivity index (χ1) is 14.9. The number of anilines is 2. The molecule has 1 unspecified atom stereocenters. The van der Waals surface area contributed by atoms with Crippen molar-refractivity contribution < 1.29 is 13.3 Å². The van der Waals surface area contributed by atoms with Gasteiger partial charge in [0.15, 0.2) is 0 Å². The van der Waals surface area contributed by atoms with E-state index in [0.717, 1.165) is 27.4 Å². The zero-order valence-corrected chi connectivity index (χ0v) is 18.2. The monoisotopic (exact) mass is 440 g/mol. The van der Waals surface area contributed by atoms with E-state index in [1.807, 2.05) is 36.4 Å². The number of nitrogens with one attached hydrogen (secondary N) is 1. The minimum absolute atomic E-state index is 0.284. The largest absolute Gasteiger partial charge is 0.382 e. The van der Waals surface area contributed by atoms with E-state index in [9.17, 15) is 8.60 Å². The predicted octanol–water partition coefficient (Wildman–Crippen LogP) is 2.95. The molecule has 2 aliphatic heterocycles. The van der Waals surface area contributed by atoms with E-state index in [4.69, 9.17) is 15.5 Å². The highest BCUT2D eigenvalue weighted by molar-refractivity contribution is 7.85. The van der Waals surface area contributed by atoms with E-state index in [2.05, 4.69) is 10.2 Å². The lowest BCUT2D eigenvalue weighted by atomic mass is 9.99. The molecular weight excluding hydrogens is 415 g/mol. The summed E-state index contributed by atoms with van der Waals surface area (Å²) >= 11 is 0. The van der Waals surface area contributed by atoms with Crippen LogP contribution in [0.3, 0.4) is 0 Å². The Morgan fingerprint density at radius 3 is 2.87 bits per heavy atom. The molecule has 6 nitrogen and oxygen atoms in total. The molecule has 0 saturated carbocycles. The van der Waals surface area contributed by atoms with Crippen LogP contribution >= 0.6 is 0 Å². The van der Waals surface area contributed by atoms with Crippen molar-refractivity contribution in [1.82, 2.24) is 4.98 Å². The second-order valence-electron chi connectivity index (χ2n) is 8.43. The number of ether oxygens (including phenoxy) is 1. The standard InChI is InChI=1S/C23H25FN4O2S/c1-15-8-17-19(26-12-23(25)13-30-14-23)10-22(27-20(17)9-18(15)24)28-6-7-31(29)21-5-3-2-4-16(21)11-28/h2-5,8-10H,6-7,11-14,25H2,1H3,(H,26,27). The van der Waals surface area contributed by atoms with Crippen molar-refractivity contribution in [2.24, 2.45) is 5.73 Å². The molecule has 1 aromatic heterocycles. The van der Waals surface area contributed by atoms with Crippen molar-refractivity contribution in [1.29, 1.82) is 0 Å². The van der Waals surface area contributed by atoms with Crippen molar-refractivity contribution in [2.45, 2.75) is 23.9 Å². The predicted molar refractivity (Wildman–Crippen MR) is 121 cm³/mol. The molecule has 0 radical (unpaired) electrons. The van der Waals surface area contributed by atoms with Crippen molar-refractivity contribution in [3.63, 3.8) is 0 Å². The summed E-state index contributed by atoms with van der Waals surface area (Å²) in [5.41, 5.74) is 8.95. The fourth-order valence-electron chi connectivity index (χ4n) is 4.03. The van der Waals surface area contributed by atoms with Gasteiger partial charge in [-0.1, -0.05) is 18.2 Å². The number of hydrogen-bond donors (Lipinski definition) is 2. The molecule has 1 saturated heterocycles. The Morgan fingerprint density at radius 1 is 1.29 bits per heavy atom. The van der Waals surface area contributed by atoms with Gasteiger partial charge in [-0.2, -0.15) is 0 Å². The molecule has 0 amide bonds. The van der Waals surface area contributed by atoms with Crippen LogP contribution in [-0.2, 0) is 22.1 Å². The molecule has 3 heterocycles. The summed E-state index contributed by atoms with van der Waals surface area (Å²) in [4.78, 5) is 7.75. The Labute approximate surface area is 183 Å². The number of nitrogens with zero attached hydrogens (tertiary/aromatic N) is 2. The van der Waals surface area contributed by atoms with E-state index in [1.54, 1.807) is 6.92 Å². The van der Waals surface area contributed by atoms with Crippen molar-refractivity contribution in [2.75, 3.05) is 42.3 Å². The molecular formula is C23H25FN4O2S. The molecule has 2 aliphatic rings. The smallest absolute Gasteiger partial charge is 0.131 e. The van der Waals surface area contributed by atoms with Gasteiger partial charge in [0.25, 0.3) is 0 Å². The molecule has 0 spiro atoms. The second-order valence-corrected chi connectivity index (χ2v) is 9.97. The highest BCUT2D eigenvalue weighted by atomic mass is 32.2. The topological polar surface area (TPSA) is 80.5 Å². The van der Waals surface area contributed by atoms with Crippen LogP contribution in [0.2, 0.25) is 0 Å². The van der Waals surface area contributed by atoms with E-state index in [0.29, 0.717) is 49.7 Å². The van der Waals surface area contributed by atoms with Gasteiger partial charge in [-0.3, -0.25) is 4.21 Å². The molecule has 162 valence electrons. The third kappa shape index (κ3) is 3.91. The number of rotatable bonds is 4. The fraction of sp³-hybridized carbons (Fsp3) is 0.348. The van der Waals surface area contributed by atoms with Gasteiger partial charge >= 0.3 is 0 Å². The summed E-state index contributed by atoms with van der Waals surface area (Å²) in [5.74, 6) is 0.960. The highest BCUT2D eigenvalue weighted by Crippen LogP contribution is 2.32. The van der Waals surface area contributed by atoms with Crippen LogP contribution in [0, 0.1) is 12.7 Å². The second kappa shape index (κ2) is 7.85. The summed E-state index contributed by atoms with van der Waals surface area (Å²) in [5, 5.41) is 4.30. The van der Waals surface area contributed by atoms with Gasteiger partial charge in [0, 0.05) is 53.5 Å². The fourth-order valence-corrected chi connectivity index (χ4v) is 5.29. The van der Waals surface area contributed by atoms with Crippen LogP contribution in [0.4, 0.5) is 15.9 Å². The zero-order chi connectivity index (χ0) is 21.6. The maximum Gasteiger partial charge on any atom is 0.131 e. The van der Waals surface area contributed by atoms with Gasteiger partial charge in [-0.05, 0) is 30.2 Å². The number of aryl methyl sites for hydroxylation is 1. The SMILES string of the molecule is Cc1cc2c(NCC3(N)COC3)cc(N3CCS(=O)c4ccccc4C3)nc2cc1F. The summed E-state index contributed by atoms with van der Waals surface area (Å²) in [6.45, 7) is 4.52. The Hall–Kier alpha value is -2.55. The third-order valence-corrected chi connectivity index (χ3v) is 7.38. The molecule has 5 rings (SSSR count). The maximum atomic E-state index is 14.4. The van der Waals surface area contributed by atoms with Crippen LogP contribution in [-0.4, -0.2) is 46.8 Å². The number of hydrogen-bond acceptors (Lipinski definition) is 6. The van der Waals surface area contributed by atoms with Gasteiger partial charge < -0.3 is 20.7 Å². The van der Waals surface area contributed by atoms with Crippen LogP contribution in [0.25, 0.3) is 10.9 Å². The first-order valence-corrected chi connectivity index (χ1v) is 11.7. The quantitative estimate of drug-likeness (QED) is 0.649. The Bertz CT molecular complexity index is 1180. The van der Waals surface area contributed by atoms with E-state index in [1.165, 1.54) is 6.07 Å². The lowest BCUT2D eigenvalue weighted by Gasteiger charge is -2.38. The Morgan fingerprint density at radius 2 is 2.10 bits per heavy atom. The Balaban J connectivity index is 1.55. The van der Waals surface area contributed by atoms with Gasteiger partial charge in [0.1, 0.15) is 11.6 Å². The first kappa shape index (κ1) is 20.4. The summed E-state index contributed by atoms with van der Waals surface area (Å²) in [6.07, 6.45) is 0.